The topological polar surface area (TPSA) is 61.8 Å². The number of oxime groups is 1. The van der Waals surface area contributed by atoms with Crippen molar-refractivity contribution in [2.45, 2.75) is 51.6 Å². The lowest BCUT2D eigenvalue weighted by Gasteiger charge is -2.34. The molecule has 0 bridgehead atoms. The molecule has 3 N–H and O–H groups in total. The number of nitrogens with zero attached hydrogens (tertiary/aromatic N) is 2. The largest absolute Gasteiger partial charge is 0.409 e. The van der Waals surface area contributed by atoms with E-state index >= 15 is 0 Å². The number of hydrogen-bond donors (Lipinski definition) is 2. The van der Waals surface area contributed by atoms with Crippen LogP contribution in [0.3, 0.4) is 0 Å². The van der Waals surface area contributed by atoms with Crippen LogP contribution in [-0.2, 0) is 6.54 Å². The van der Waals surface area contributed by atoms with Crippen LogP contribution in [0.5, 0.6) is 0 Å². The van der Waals surface area contributed by atoms with E-state index < -0.39 is 0 Å². The minimum Gasteiger partial charge on any atom is -0.409 e. The first-order valence-corrected chi connectivity index (χ1v) is 7.91. The number of amidine groups is 1. The van der Waals surface area contributed by atoms with Crippen LogP contribution in [-0.4, -0.2) is 29.0 Å². The van der Waals surface area contributed by atoms with Crippen molar-refractivity contribution in [1.82, 2.24) is 4.90 Å². The van der Waals surface area contributed by atoms with Gasteiger partial charge in [0.25, 0.3) is 0 Å². The van der Waals surface area contributed by atoms with E-state index in [-0.39, 0.29) is 5.84 Å². The molecule has 0 spiro atoms. The quantitative estimate of drug-likeness (QED) is 0.379. The molecule has 0 radical (unpaired) electrons. The zero-order valence-corrected chi connectivity index (χ0v) is 13.1. The summed E-state index contributed by atoms with van der Waals surface area (Å²) in [6.07, 6.45) is 6.70. The summed E-state index contributed by atoms with van der Waals surface area (Å²) < 4.78 is 0. The van der Waals surface area contributed by atoms with Crippen molar-refractivity contribution in [3.05, 3.63) is 35.4 Å². The normalized spacial score (nSPS) is 23.5. The zero-order chi connectivity index (χ0) is 15.2. The maximum Gasteiger partial charge on any atom is 0.170 e. The third kappa shape index (κ3) is 4.21. The molecule has 1 saturated carbocycles. The van der Waals surface area contributed by atoms with Gasteiger partial charge in [-0.05, 0) is 44.2 Å². The van der Waals surface area contributed by atoms with Crippen LogP contribution >= 0.6 is 0 Å². The molecule has 1 aliphatic carbocycles. The molecule has 0 saturated heterocycles. The molecule has 0 aromatic heterocycles. The summed E-state index contributed by atoms with van der Waals surface area (Å²) in [6.45, 7) is 3.26. The lowest BCUT2D eigenvalue weighted by molar-refractivity contribution is 0.157. The molecule has 0 aliphatic heterocycles. The lowest BCUT2D eigenvalue weighted by Crippen LogP contribution is -2.34. The van der Waals surface area contributed by atoms with E-state index in [4.69, 9.17) is 10.9 Å². The van der Waals surface area contributed by atoms with Gasteiger partial charge in [-0.2, -0.15) is 0 Å². The third-order valence-corrected chi connectivity index (χ3v) is 4.81. The summed E-state index contributed by atoms with van der Waals surface area (Å²) >= 11 is 0. The number of rotatable bonds is 5. The Hall–Kier alpha value is -1.55. The summed E-state index contributed by atoms with van der Waals surface area (Å²) in [5.74, 6) is 1.10. The Labute approximate surface area is 127 Å². The molecule has 2 rings (SSSR count). The van der Waals surface area contributed by atoms with E-state index in [1.54, 1.807) is 0 Å². The average Bonchev–Trinajstić information content (AvgIpc) is 2.55. The van der Waals surface area contributed by atoms with Crippen LogP contribution in [0.1, 0.15) is 50.2 Å². The smallest absolute Gasteiger partial charge is 0.170 e. The van der Waals surface area contributed by atoms with Gasteiger partial charge in [0, 0.05) is 18.2 Å². The summed E-state index contributed by atoms with van der Waals surface area (Å²) in [5, 5.41) is 11.7. The monoisotopic (exact) mass is 289 g/mol. The predicted molar refractivity (Wildman–Crippen MR) is 86.5 cm³/mol. The van der Waals surface area contributed by atoms with Gasteiger partial charge in [0.05, 0.1) is 0 Å². The van der Waals surface area contributed by atoms with Crippen LogP contribution in [0.2, 0.25) is 0 Å². The summed E-state index contributed by atoms with van der Waals surface area (Å²) in [7, 11) is 2.22. The molecule has 0 atom stereocenters. The molecule has 0 amide bonds. The molecule has 0 heterocycles. The van der Waals surface area contributed by atoms with E-state index in [0.29, 0.717) is 6.04 Å². The highest BCUT2D eigenvalue weighted by Gasteiger charge is 2.22. The molecule has 1 aromatic rings. The standard InChI is InChI=1S/C17H27N3O/c1-3-13-6-10-16(11-7-13)20(2)12-14-4-8-15(9-5-14)17(18)19-21/h4-5,8-9,13,16,21H,3,6-7,10-12H2,1-2H3,(H2,18,19). The van der Waals surface area contributed by atoms with Crippen LogP contribution < -0.4 is 5.73 Å². The van der Waals surface area contributed by atoms with Crippen molar-refractivity contribution >= 4 is 5.84 Å². The maximum absolute atomic E-state index is 8.67. The van der Waals surface area contributed by atoms with E-state index in [1.165, 1.54) is 37.7 Å². The van der Waals surface area contributed by atoms with Crippen LogP contribution in [0.25, 0.3) is 0 Å². The molecule has 0 unspecified atom stereocenters. The SMILES string of the molecule is CCC1CCC(N(C)Cc2ccc(C(N)=NO)cc2)CC1. The molecule has 21 heavy (non-hydrogen) atoms. The summed E-state index contributed by atoms with van der Waals surface area (Å²) in [5.41, 5.74) is 7.60. The van der Waals surface area contributed by atoms with Crippen LogP contribution in [0.15, 0.2) is 29.4 Å². The second kappa shape index (κ2) is 7.46. The Morgan fingerprint density at radius 3 is 2.38 bits per heavy atom. The first kappa shape index (κ1) is 15.8. The molecule has 1 fully saturated rings. The Kier molecular flexibility index (Phi) is 5.62. The predicted octanol–water partition coefficient (Wildman–Crippen LogP) is 3.18. The third-order valence-electron chi connectivity index (χ3n) is 4.81. The van der Waals surface area contributed by atoms with E-state index in [2.05, 4.69) is 36.2 Å². The second-order valence-electron chi connectivity index (χ2n) is 6.18. The molecule has 4 nitrogen and oxygen atoms in total. The van der Waals surface area contributed by atoms with Gasteiger partial charge in [-0.25, -0.2) is 0 Å². The first-order chi connectivity index (χ1) is 10.1. The van der Waals surface area contributed by atoms with Gasteiger partial charge in [0.15, 0.2) is 5.84 Å². The van der Waals surface area contributed by atoms with Gasteiger partial charge < -0.3 is 10.9 Å². The second-order valence-corrected chi connectivity index (χ2v) is 6.18. The zero-order valence-electron chi connectivity index (χ0n) is 13.1. The summed E-state index contributed by atoms with van der Waals surface area (Å²) in [6, 6.07) is 8.64. The van der Waals surface area contributed by atoms with Crippen molar-refractivity contribution in [2.75, 3.05) is 7.05 Å². The van der Waals surface area contributed by atoms with E-state index in [9.17, 15) is 0 Å². The van der Waals surface area contributed by atoms with Crippen molar-refractivity contribution in [2.24, 2.45) is 16.8 Å². The van der Waals surface area contributed by atoms with Crippen LogP contribution in [0.4, 0.5) is 0 Å². The summed E-state index contributed by atoms with van der Waals surface area (Å²) in [4.78, 5) is 2.46. The fraction of sp³-hybridized carbons (Fsp3) is 0.588. The van der Waals surface area contributed by atoms with Gasteiger partial charge >= 0.3 is 0 Å². The highest BCUT2D eigenvalue weighted by atomic mass is 16.4. The van der Waals surface area contributed by atoms with Crippen molar-refractivity contribution in [3.63, 3.8) is 0 Å². The lowest BCUT2D eigenvalue weighted by atomic mass is 9.84. The Bertz CT molecular complexity index is 461. The average molecular weight is 289 g/mol. The number of nitrogens with two attached hydrogens (primary N) is 1. The number of benzene rings is 1. The van der Waals surface area contributed by atoms with Crippen molar-refractivity contribution in [3.8, 4) is 0 Å². The highest BCUT2D eigenvalue weighted by Crippen LogP contribution is 2.29. The molecule has 1 aliphatic rings. The van der Waals surface area contributed by atoms with Crippen molar-refractivity contribution in [1.29, 1.82) is 0 Å². The molecular weight excluding hydrogens is 262 g/mol. The highest BCUT2D eigenvalue weighted by molar-refractivity contribution is 5.96. The van der Waals surface area contributed by atoms with Gasteiger partial charge in [0.2, 0.25) is 0 Å². The van der Waals surface area contributed by atoms with Gasteiger partial charge in [-0.3, -0.25) is 4.90 Å². The number of hydrogen-bond acceptors (Lipinski definition) is 3. The maximum atomic E-state index is 8.67. The molecule has 4 heteroatoms. The molecular formula is C17H27N3O. The first-order valence-electron chi connectivity index (χ1n) is 7.91. The molecule has 1 aromatic carbocycles. The van der Waals surface area contributed by atoms with Gasteiger partial charge in [-0.1, -0.05) is 42.8 Å². The van der Waals surface area contributed by atoms with Crippen molar-refractivity contribution < 1.29 is 5.21 Å². The van der Waals surface area contributed by atoms with E-state index in [0.717, 1.165) is 18.0 Å². The Morgan fingerprint density at radius 2 is 1.86 bits per heavy atom. The Balaban J connectivity index is 1.89. The Morgan fingerprint density at radius 1 is 1.24 bits per heavy atom. The molecule has 116 valence electrons. The minimum absolute atomic E-state index is 0.160. The van der Waals surface area contributed by atoms with Crippen LogP contribution in [0, 0.1) is 5.92 Å². The van der Waals surface area contributed by atoms with Gasteiger partial charge in [-0.15, -0.1) is 0 Å². The minimum atomic E-state index is 0.160. The fourth-order valence-corrected chi connectivity index (χ4v) is 3.25. The van der Waals surface area contributed by atoms with E-state index in [1.807, 2.05) is 12.1 Å². The van der Waals surface area contributed by atoms with Gasteiger partial charge in [0.1, 0.15) is 0 Å². The fourth-order valence-electron chi connectivity index (χ4n) is 3.25.